The summed E-state index contributed by atoms with van der Waals surface area (Å²) in [6.07, 6.45) is 0.824. The van der Waals surface area contributed by atoms with Crippen LogP contribution in [0.1, 0.15) is 39.7 Å². The molecule has 0 bridgehead atoms. The van der Waals surface area contributed by atoms with Crippen LogP contribution in [-0.4, -0.2) is 42.9 Å². The molecular formula is C18H31ClN2O4. The van der Waals surface area contributed by atoms with Crippen LogP contribution in [0.3, 0.4) is 0 Å². The lowest BCUT2D eigenvalue weighted by molar-refractivity contribution is -0.124. The summed E-state index contributed by atoms with van der Waals surface area (Å²) in [5.74, 6) is 0.938. The van der Waals surface area contributed by atoms with Crippen molar-refractivity contribution in [2.45, 2.75) is 52.2 Å². The second-order valence-corrected chi connectivity index (χ2v) is 6.70. The van der Waals surface area contributed by atoms with E-state index in [2.05, 4.69) is 10.6 Å². The lowest BCUT2D eigenvalue weighted by atomic mass is 10.1. The molecule has 0 aliphatic carbocycles. The van der Waals surface area contributed by atoms with Crippen molar-refractivity contribution in [3.63, 3.8) is 0 Å². The van der Waals surface area contributed by atoms with E-state index in [4.69, 9.17) is 9.47 Å². The largest absolute Gasteiger partial charge is 0.493 e. The van der Waals surface area contributed by atoms with Crippen molar-refractivity contribution < 1.29 is 19.4 Å². The number of amides is 1. The van der Waals surface area contributed by atoms with E-state index in [9.17, 15) is 9.90 Å². The van der Waals surface area contributed by atoms with Crippen molar-refractivity contribution >= 4 is 18.3 Å². The highest BCUT2D eigenvalue weighted by Crippen LogP contribution is 2.31. The Hall–Kier alpha value is -1.50. The van der Waals surface area contributed by atoms with Crippen LogP contribution in [0.25, 0.3) is 0 Å². The lowest BCUT2D eigenvalue weighted by Crippen LogP contribution is -2.43. The van der Waals surface area contributed by atoms with Crippen molar-refractivity contribution in [3.8, 4) is 11.5 Å². The summed E-state index contributed by atoms with van der Waals surface area (Å²) in [6.45, 7) is 8.28. The summed E-state index contributed by atoms with van der Waals surface area (Å²) >= 11 is 0. The lowest BCUT2D eigenvalue weighted by Gasteiger charge is -2.21. The van der Waals surface area contributed by atoms with Crippen molar-refractivity contribution in [3.05, 3.63) is 23.8 Å². The first-order valence-electron chi connectivity index (χ1n) is 8.24. The Morgan fingerprint density at radius 1 is 1.32 bits per heavy atom. The molecule has 0 heterocycles. The first kappa shape index (κ1) is 23.5. The van der Waals surface area contributed by atoms with Crippen LogP contribution < -0.4 is 20.1 Å². The molecule has 0 spiro atoms. The van der Waals surface area contributed by atoms with Crippen LogP contribution in [0, 0.1) is 0 Å². The van der Waals surface area contributed by atoms with Gasteiger partial charge in [-0.1, -0.05) is 19.1 Å². The van der Waals surface area contributed by atoms with Gasteiger partial charge in [-0.3, -0.25) is 4.79 Å². The molecule has 1 unspecified atom stereocenters. The maximum absolute atomic E-state index is 12.0. The van der Waals surface area contributed by atoms with Crippen molar-refractivity contribution in [2.24, 2.45) is 0 Å². The number of hydrogen-bond acceptors (Lipinski definition) is 5. The molecule has 144 valence electrons. The summed E-state index contributed by atoms with van der Waals surface area (Å²) in [5, 5.41) is 15.4. The predicted octanol–water partition coefficient (Wildman–Crippen LogP) is 2.27. The van der Waals surface area contributed by atoms with Gasteiger partial charge in [-0.2, -0.15) is 0 Å². The maximum Gasteiger partial charge on any atom is 0.258 e. The van der Waals surface area contributed by atoms with Gasteiger partial charge in [-0.15, -0.1) is 12.4 Å². The smallest absolute Gasteiger partial charge is 0.258 e. The Morgan fingerprint density at radius 3 is 2.52 bits per heavy atom. The van der Waals surface area contributed by atoms with Gasteiger partial charge < -0.3 is 25.2 Å². The number of halogens is 1. The van der Waals surface area contributed by atoms with E-state index in [0.717, 1.165) is 12.0 Å². The van der Waals surface area contributed by atoms with Gasteiger partial charge in [0.25, 0.3) is 5.91 Å². The van der Waals surface area contributed by atoms with Gasteiger partial charge in [-0.05, 0) is 33.3 Å². The fourth-order valence-corrected chi connectivity index (χ4v) is 2.21. The molecule has 1 atom stereocenters. The molecule has 1 aromatic rings. The minimum Gasteiger partial charge on any atom is -0.493 e. The number of para-hydroxylation sites is 1. The van der Waals surface area contributed by atoms with E-state index >= 15 is 0 Å². The molecule has 3 N–H and O–H groups in total. The van der Waals surface area contributed by atoms with Gasteiger partial charge in [0.05, 0.1) is 13.7 Å². The third-order valence-corrected chi connectivity index (χ3v) is 3.44. The monoisotopic (exact) mass is 374 g/mol. The van der Waals surface area contributed by atoms with E-state index in [1.807, 2.05) is 39.8 Å². The quantitative estimate of drug-likeness (QED) is 0.618. The highest BCUT2D eigenvalue weighted by atomic mass is 35.5. The minimum absolute atomic E-state index is 0. The van der Waals surface area contributed by atoms with Crippen LogP contribution in [0.2, 0.25) is 0 Å². The molecule has 1 amide bonds. The van der Waals surface area contributed by atoms with Gasteiger partial charge in [-0.25, -0.2) is 0 Å². The predicted molar refractivity (Wildman–Crippen MR) is 102 cm³/mol. The van der Waals surface area contributed by atoms with Gasteiger partial charge in [0.15, 0.2) is 18.1 Å². The molecule has 1 rings (SSSR count). The highest BCUT2D eigenvalue weighted by Gasteiger charge is 2.17. The maximum atomic E-state index is 12.0. The number of nitrogens with one attached hydrogen (secondary N) is 2. The van der Waals surface area contributed by atoms with Gasteiger partial charge in [0.2, 0.25) is 0 Å². The first-order chi connectivity index (χ1) is 11.3. The van der Waals surface area contributed by atoms with E-state index in [1.165, 1.54) is 0 Å². The number of benzene rings is 1. The van der Waals surface area contributed by atoms with Crippen LogP contribution in [0.5, 0.6) is 11.5 Å². The van der Waals surface area contributed by atoms with Crippen LogP contribution in [-0.2, 0) is 11.3 Å². The molecular weight excluding hydrogens is 344 g/mol. The number of aliphatic hydroxyl groups excluding tert-OH is 1. The summed E-state index contributed by atoms with van der Waals surface area (Å²) in [6, 6.07) is 5.60. The molecule has 0 aromatic heterocycles. The molecule has 0 aliphatic rings. The van der Waals surface area contributed by atoms with E-state index in [0.29, 0.717) is 18.0 Å². The molecule has 0 saturated carbocycles. The molecule has 6 nitrogen and oxygen atoms in total. The highest BCUT2D eigenvalue weighted by molar-refractivity contribution is 5.85. The minimum atomic E-state index is -0.304. The Kier molecular flexibility index (Phi) is 10.5. The SMILES string of the molecule is CCC(CO)NCc1cccc(OC)c1OCC(=O)NC(C)(C)C.Cl. The Labute approximate surface area is 156 Å². The number of ether oxygens (including phenoxy) is 2. The van der Waals surface area contributed by atoms with Gasteiger partial charge in [0.1, 0.15) is 0 Å². The van der Waals surface area contributed by atoms with Crippen LogP contribution in [0.4, 0.5) is 0 Å². The zero-order chi connectivity index (χ0) is 18.2. The number of hydrogen-bond donors (Lipinski definition) is 3. The zero-order valence-corrected chi connectivity index (χ0v) is 16.5. The molecule has 0 aliphatic heterocycles. The van der Waals surface area contributed by atoms with Crippen molar-refractivity contribution in [1.82, 2.24) is 10.6 Å². The first-order valence-corrected chi connectivity index (χ1v) is 8.24. The fraction of sp³-hybridized carbons (Fsp3) is 0.611. The van der Waals surface area contributed by atoms with Crippen molar-refractivity contribution in [2.75, 3.05) is 20.3 Å². The zero-order valence-electron chi connectivity index (χ0n) is 15.7. The molecule has 0 saturated heterocycles. The summed E-state index contributed by atoms with van der Waals surface area (Å²) < 4.78 is 11.1. The van der Waals surface area contributed by atoms with E-state index < -0.39 is 0 Å². The second-order valence-electron chi connectivity index (χ2n) is 6.70. The van der Waals surface area contributed by atoms with Crippen LogP contribution >= 0.6 is 12.4 Å². The molecule has 7 heteroatoms. The Balaban J connectivity index is 0.00000576. The number of rotatable bonds is 9. The van der Waals surface area contributed by atoms with E-state index in [-0.39, 0.29) is 43.1 Å². The third-order valence-electron chi connectivity index (χ3n) is 3.44. The van der Waals surface area contributed by atoms with E-state index in [1.54, 1.807) is 13.2 Å². The normalized spacial score (nSPS) is 12.1. The summed E-state index contributed by atoms with van der Waals surface area (Å²) in [7, 11) is 1.57. The second kappa shape index (κ2) is 11.2. The number of aliphatic hydroxyl groups is 1. The topological polar surface area (TPSA) is 79.8 Å². The average molecular weight is 375 g/mol. The average Bonchev–Trinajstić information content (AvgIpc) is 2.52. The Bertz CT molecular complexity index is 528. The fourth-order valence-electron chi connectivity index (χ4n) is 2.21. The van der Waals surface area contributed by atoms with Gasteiger partial charge in [0, 0.05) is 23.7 Å². The number of carbonyl (C=O) groups excluding carboxylic acids is 1. The number of methoxy groups -OCH3 is 1. The molecule has 0 fully saturated rings. The van der Waals surface area contributed by atoms with Gasteiger partial charge >= 0.3 is 0 Å². The molecule has 1 aromatic carbocycles. The Morgan fingerprint density at radius 2 is 2.00 bits per heavy atom. The molecule has 0 radical (unpaired) electrons. The number of carbonyl (C=O) groups is 1. The summed E-state index contributed by atoms with van der Waals surface area (Å²) in [4.78, 5) is 12.0. The summed E-state index contributed by atoms with van der Waals surface area (Å²) in [5.41, 5.74) is 0.575. The van der Waals surface area contributed by atoms with Crippen LogP contribution in [0.15, 0.2) is 18.2 Å². The third kappa shape index (κ3) is 8.43. The van der Waals surface area contributed by atoms with Crippen molar-refractivity contribution in [1.29, 1.82) is 0 Å². The molecule has 25 heavy (non-hydrogen) atoms. The standard InChI is InChI=1S/C18H30N2O4.ClH/c1-6-14(11-21)19-10-13-8-7-9-15(23-5)17(13)24-12-16(22)20-18(2,3)4;/h7-9,14,19,21H,6,10-12H2,1-5H3,(H,20,22);1H.